The van der Waals surface area contributed by atoms with E-state index < -0.39 is 11.8 Å². The molecule has 0 heterocycles. The van der Waals surface area contributed by atoms with E-state index in [0.29, 0.717) is 16.3 Å². The largest absolute Gasteiger partial charge is 0.489 e. The van der Waals surface area contributed by atoms with Gasteiger partial charge in [0.2, 0.25) is 0 Å². The van der Waals surface area contributed by atoms with E-state index in [0.717, 1.165) is 0 Å². The van der Waals surface area contributed by atoms with Crippen LogP contribution in [0.2, 0.25) is 5.02 Å². The Labute approximate surface area is 114 Å². The fraction of sp³-hybridized carbons (Fsp3) is 0.0714. The molecule has 0 aromatic heterocycles. The zero-order chi connectivity index (χ0) is 13.8. The van der Waals surface area contributed by atoms with Gasteiger partial charge in [-0.2, -0.15) is 0 Å². The lowest BCUT2D eigenvalue weighted by Gasteiger charge is -2.08. The molecule has 5 heteroatoms. The van der Waals surface area contributed by atoms with Crippen LogP contribution < -0.4 is 4.74 Å². The van der Waals surface area contributed by atoms with E-state index in [1.54, 1.807) is 18.2 Å². The van der Waals surface area contributed by atoms with Crippen LogP contribution in [-0.2, 0) is 6.61 Å². The van der Waals surface area contributed by atoms with Crippen molar-refractivity contribution >= 4 is 17.6 Å². The van der Waals surface area contributed by atoms with Crippen LogP contribution in [0.1, 0.15) is 15.9 Å². The van der Waals surface area contributed by atoms with E-state index in [2.05, 4.69) is 0 Å². The highest BCUT2D eigenvalue weighted by Crippen LogP contribution is 2.20. The third-order valence-electron chi connectivity index (χ3n) is 2.51. The number of benzene rings is 2. The molecule has 0 saturated heterocycles. The summed E-state index contributed by atoms with van der Waals surface area (Å²) in [5.74, 6) is -0.877. The van der Waals surface area contributed by atoms with Gasteiger partial charge in [0.15, 0.2) is 0 Å². The Hall–Kier alpha value is -2.07. The highest BCUT2D eigenvalue weighted by molar-refractivity contribution is 6.31. The number of carbonyl (C=O) groups is 1. The van der Waals surface area contributed by atoms with Crippen molar-refractivity contribution in [2.45, 2.75) is 6.61 Å². The maximum Gasteiger partial charge on any atom is 0.335 e. The van der Waals surface area contributed by atoms with E-state index in [-0.39, 0.29) is 12.2 Å². The van der Waals surface area contributed by atoms with Gasteiger partial charge in [0.05, 0.1) is 10.6 Å². The quantitative estimate of drug-likeness (QED) is 0.927. The van der Waals surface area contributed by atoms with Gasteiger partial charge in [0.1, 0.15) is 18.2 Å². The van der Waals surface area contributed by atoms with E-state index in [9.17, 15) is 9.18 Å². The second-order valence-electron chi connectivity index (χ2n) is 3.85. The molecule has 0 spiro atoms. The molecular weight excluding hydrogens is 271 g/mol. The molecular formula is C14H10ClFO3. The van der Waals surface area contributed by atoms with Gasteiger partial charge in [-0.3, -0.25) is 0 Å². The van der Waals surface area contributed by atoms with Crippen LogP contribution >= 0.6 is 11.6 Å². The third kappa shape index (κ3) is 3.45. The molecule has 0 fully saturated rings. The van der Waals surface area contributed by atoms with E-state index in [1.165, 1.54) is 24.3 Å². The molecule has 0 saturated carbocycles. The molecule has 0 aliphatic heterocycles. The van der Waals surface area contributed by atoms with Gasteiger partial charge in [-0.05, 0) is 36.4 Å². The third-order valence-corrected chi connectivity index (χ3v) is 2.86. The maximum atomic E-state index is 12.8. The van der Waals surface area contributed by atoms with Gasteiger partial charge < -0.3 is 9.84 Å². The SMILES string of the molecule is O=C(O)c1ccc(OCc2ccc(F)cc2Cl)cc1. The van der Waals surface area contributed by atoms with Crippen molar-refractivity contribution in [1.29, 1.82) is 0 Å². The average molecular weight is 281 g/mol. The molecule has 98 valence electrons. The predicted octanol–water partition coefficient (Wildman–Crippen LogP) is 3.76. The number of aromatic carboxylic acids is 1. The van der Waals surface area contributed by atoms with Crippen molar-refractivity contribution in [1.82, 2.24) is 0 Å². The number of hydrogen-bond acceptors (Lipinski definition) is 2. The summed E-state index contributed by atoms with van der Waals surface area (Å²) in [5, 5.41) is 9.05. The highest BCUT2D eigenvalue weighted by atomic mass is 35.5. The zero-order valence-electron chi connectivity index (χ0n) is 9.77. The topological polar surface area (TPSA) is 46.5 Å². The fourth-order valence-electron chi connectivity index (χ4n) is 1.49. The average Bonchev–Trinajstić information content (AvgIpc) is 2.38. The van der Waals surface area contributed by atoms with Crippen molar-refractivity contribution < 1.29 is 19.0 Å². The minimum Gasteiger partial charge on any atom is -0.489 e. The first-order valence-corrected chi connectivity index (χ1v) is 5.84. The Bertz CT molecular complexity index is 596. The van der Waals surface area contributed by atoms with Crippen molar-refractivity contribution in [2.24, 2.45) is 0 Å². The first-order chi connectivity index (χ1) is 9.06. The summed E-state index contributed by atoms with van der Waals surface area (Å²) in [6, 6.07) is 10.1. The smallest absolute Gasteiger partial charge is 0.335 e. The summed E-state index contributed by atoms with van der Waals surface area (Å²) in [6.45, 7) is 0.186. The van der Waals surface area contributed by atoms with Crippen LogP contribution in [-0.4, -0.2) is 11.1 Å². The number of ether oxygens (including phenoxy) is 1. The number of carboxylic acid groups (broad SMARTS) is 1. The minimum atomic E-state index is -0.992. The molecule has 0 aliphatic carbocycles. The summed E-state index contributed by atoms with van der Waals surface area (Å²) in [6.07, 6.45) is 0. The number of hydrogen-bond donors (Lipinski definition) is 1. The Morgan fingerprint density at radius 2 is 1.89 bits per heavy atom. The standard InChI is InChI=1S/C14H10ClFO3/c15-13-7-11(16)4-1-10(13)8-19-12-5-2-9(3-6-12)14(17)18/h1-7H,8H2,(H,17,18). The van der Waals surface area contributed by atoms with Gasteiger partial charge in [0, 0.05) is 5.56 Å². The molecule has 3 nitrogen and oxygen atoms in total. The van der Waals surface area contributed by atoms with Gasteiger partial charge >= 0.3 is 5.97 Å². The van der Waals surface area contributed by atoms with Crippen LogP contribution in [0.25, 0.3) is 0 Å². The normalized spacial score (nSPS) is 10.2. The molecule has 2 aromatic carbocycles. The first-order valence-electron chi connectivity index (χ1n) is 5.46. The number of halogens is 2. The lowest BCUT2D eigenvalue weighted by Crippen LogP contribution is -1.98. The summed E-state index contributed by atoms with van der Waals surface area (Å²) in [4.78, 5) is 10.7. The summed E-state index contributed by atoms with van der Waals surface area (Å²) in [5.41, 5.74) is 0.845. The summed E-state index contributed by atoms with van der Waals surface area (Å²) >= 11 is 5.86. The molecule has 0 amide bonds. The van der Waals surface area contributed by atoms with E-state index >= 15 is 0 Å². The number of carboxylic acids is 1. The lowest BCUT2D eigenvalue weighted by atomic mass is 10.2. The van der Waals surface area contributed by atoms with Crippen molar-refractivity contribution in [2.75, 3.05) is 0 Å². The van der Waals surface area contributed by atoms with Crippen molar-refractivity contribution in [3.05, 3.63) is 64.4 Å². The number of rotatable bonds is 4. The highest BCUT2D eigenvalue weighted by Gasteiger charge is 2.05. The van der Waals surface area contributed by atoms with Gasteiger partial charge in [0.25, 0.3) is 0 Å². The van der Waals surface area contributed by atoms with Crippen LogP contribution in [0.5, 0.6) is 5.75 Å². The van der Waals surface area contributed by atoms with Crippen molar-refractivity contribution in [3.63, 3.8) is 0 Å². The molecule has 0 radical (unpaired) electrons. The van der Waals surface area contributed by atoms with Gasteiger partial charge in [-0.1, -0.05) is 17.7 Å². The Morgan fingerprint density at radius 3 is 2.47 bits per heavy atom. The Morgan fingerprint density at radius 1 is 1.21 bits per heavy atom. The molecule has 0 aliphatic rings. The second kappa shape index (κ2) is 5.71. The second-order valence-corrected chi connectivity index (χ2v) is 4.26. The fourth-order valence-corrected chi connectivity index (χ4v) is 1.72. The molecule has 1 N–H and O–H groups in total. The summed E-state index contributed by atoms with van der Waals surface area (Å²) < 4.78 is 18.3. The lowest BCUT2D eigenvalue weighted by molar-refractivity contribution is 0.0697. The van der Waals surface area contributed by atoms with Crippen LogP contribution in [0.4, 0.5) is 4.39 Å². The molecule has 0 unspecified atom stereocenters. The molecule has 19 heavy (non-hydrogen) atoms. The summed E-state index contributed by atoms with van der Waals surface area (Å²) in [7, 11) is 0. The van der Waals surface area contributed by atoms with Crippen LogP contribution in [0.3, 0.4) is 0 Å². The maximum absolute atomic E-state index is 12.8. The molecule has 0 bridgehead atoms. The molecule has 0 atom stereocenters. The van der Waals surface area contributed by atoms with E-state index in [1.807, 2.05) is 0 Å². The predicted molar refractivity (Wildman–Crippen MR) is 69.1 cm³/mol. The molecule has 2 aromatic rings. The minimum absolute atomic E-state index is 0.186. The molecule has 2 rings (SSSR count). The Kier molecular flexibility index (Phi) is 4.02. The van der Waals surface area contributed by atoms with Gasteiger partial charge in [-0.25, -0.2) is 9.18 Å². The monoisotopic (exact) mass is 280 g/mol. The van der Waals surface area contributed by atoms with Crippen LogP contribution in [0, 0.1) is 5.82 Å². The van der Waals surface area contributed by atoms with Crippen LogP contribution in [0.15, 0.2) is 42.5 Å². The zero-order valence-corrected chi connectivity index (χ0v) is 10.5. The van der Waals surface area contributed by atoms with Crippen molar-refractivity contribution in [3.8, 4) is 5.75 Å². The van der Waals surface area contributed by atoms with Gasteiger partial charge in [-0.15, -0.1) is 0 Å². The Balaban J connectivity index is 2.04. The van der Waals surface area contributed by atoms with E-state index in [4.69, 9.17) is 21.4 Å². The first kappa shape index (κ1) is 13.4.